The third-order valence-corrected chi connectivity index (χ3v) is 14.2. The van der Waals surface area contributed by atoms with Crippen LogP contribution in [0.3, 0.4) is 0 Å². The molecule has 77 heavy (non-hydrogen) atoms. The van der Waals surface area contributed by atoms with E-state index in [1.807, 2.05) is 0 Å². The minimum absolute atomic E-state index is 0.0528. The van der Waals surface area contributed by atoms with Crippen LogP contribution in [0.5, 0.6) is 0 Å². The van der Waals surface area contributed by atoms with Crippen molar-refractivity contribution in [3.63, 3.8) is 0 Å². The van der Waals surface area contributed by atoms with Gasteiger partial charge in [0.2, 0.25) is 0 Å². The molecule has 2 rings (SSSR count). The molecule has 0 aromatic carbocycles. The summed E-state index contributed by atoms with van der Waals surface area (Å²) in [5, 5.41) is 72.4. The standard InChI is InChI=1S/C63H110O14/c1-3-5-7-9-11-13-15-17-19-21-23-25-27-29-31-33-35-37-39-41-43-45-47-72-49-52(50-73-62-61(71)59(69)57(67)54(77-62)51-74-63-60(70)58(68)56(66)53(48-64)76-63)75-55(65)46-44-42-40-38-36-34-32-30-28-26-24-22-20-18-16-14-12-10-8-6-4-2/h5,7,11,13,16-19,22-25,52-54,56-64,66-71H,3-4,6,8-10,12,14-15,20-21,26-51H2,1-2H3/b7-5-,13-11-,18-16-,19-17-,24-22-,25-23-. The number of ether oxygens (including phenoxy) is 6. The van der Waals surface area contributed by atoms with Crippen LogP contribution in [0, 0.1) is 0 Å². The van der Waals surface area contributed by atoms with E-state index < -0.39 is 80.7 Å². The molecule has 0 aromatic heterocycles. The Morgan fingerprint density at radius 3 is 1.32 bits per heavy atom. The van der Waals surface area contributed by atoms with Gasteiger partial charge in [-0.1, -0.05) is 202 Å². The van der Waals surface area contributed by atoms with Crippen molar-refractivity contribution in [2.45, 2.75) is 287 Å². The summed E-state index contributed by atoms with van der Waals surface area (Å²) in [6.07, 6.45) is 46.7. The first-order chi connectivity index (χ1) is 37.6. The summed E-state index contributed by atoms with van der Waals surface area (Å²) < 4.78 is 34.4. The van der Waals surface area contributed by atoms with Gasteiger partial charge in [0.05, 0.1) is 26.4 Å². The summed E-state index contributed by atoms with van der Waals surface area (Å²) in [4.78, 5) is 13.1. The smallest absolute Gasteiger partial charge is 0.306 e. The van der Waals surface area contributed by atoms with Crippen molar-refractivity contribution in [3.8, 4) is 0 Å². The average Bonchev–Trinajstić information content (AvgIpc) is 3.43. The summed E-state index contributed by atoms with van der Waals surface area (Å²) in [7, 11) is 0. The predicted octanol–water partition coefficient (Wildman–Crippen LogP) is 11.4. The fourth-order valence-corrected chi connectivity index (χ4v) is 9.31. The number of allylic oxidation sites excluding steroid dienone is 12. The normalized spacial score (nSPS) is 24.8. The van der Waals surface area contributed by atoms with E-state index in [1.54, 1.807) is 0 Å². The Balaban J connectivity index is 1.70. The molecule has 0 bridgehead atoms. The zero-order valence-electron chi connectivity index (χ0n) is 47.9. The number of hydrogen-bond donors (Lipinski definition) is 7. The monoisotopic (exact) mass is 1090 g/mol. The highest BCUT2D eigenvalue weighted by Crippen LogP contribution is 2.27. The van der Waals surface area contributed by atoms with Crippen LogP contribution >= 0.6 is 0 Å². The zero-order valence-corrected chi connectivity index (χ0v) is 47.9. The van der Waals surface area contributed by atoms with E-state index in [0.29, 0.717) is 13.0 Å². The van der Waals surface area contributed by atoms with E-state index in [-0.39, 0.29) is 25.6 Å². The Bertz CT molecular complexity index is 1550. The van der Waals surface area contributed by atoms with Gasteiger partial charge in [0.15, 0.2) is 12.6 Å². The largest absolute Gasteiger partial charge is 0.457 e. The lowest BCUT2D eigenvalue weighted by molar-refractivity contribution is -0.332. The maximum atomic E-state index is 13.1. The third-order valence-electron chi connectivity index (χ3n) is 14.2. The zero-order chi connectivity index (χ0) is 55.8. The summed E-state index contributed by atoms with van der Waals surface area (Å²) in [6, 6.07) is 0. The topological polar surface area (TPSA) is 214 Å². The van der Waals surface area contributed by atoms with Gasteiger partial charge in [-0.3, -0.25) is 4.79 Å². The van der Waals surface area contributed by atoms with E-state index in [4.69, 9.17) is 28.4 Å². The van der Waals surface area contributed by atoms with Crippen LogP contribution < -0.4 is 0 Å². The molecule has 11 atom stereocenters. The Kier molecular flexibility index (Phi) is 45.1. The number of rotatable bonds is 49. The first-order valence-corrected chi connectivity index (χ1v) is 30.5. The SMILES string of the molecule is CC/C=C\C/C=C\C/C=C\C/C=C\CCCCCCCCCCCOCC(COC1OC(COC2OC(CO)C(O)C(O)C2O)C(O)C(O)C1O)OC(=O)CCCCCCCCCCC/C=C\C/C=C\CCCCCCC. The van der Waals surface area contributed by atoms with E-state index in [0.717, 1.165) is 83.5 Å². The van der Waals surface area contributed by atoms with E-state index >= 15 is 0 Å². The van der Waals surface area contributed by atoms with Gasteiger partial charge in [-0.05, 0) is 83.5 Å². The fourth-order valence-electron chi connectivity index (χ4n) is 9.31. The molecule has 0 radical (unpaired) electrons. The molecule has 0 saturated carbocycles. The first kappa shape index (κ1) is 70.5. The highest BCUT2D eigenvalue weighted by Gasteiger charge is 2.47. The van der Waals surface area contributed by atoms with Gasteiger partial charge >= 0.3 is 5.97 Å². The van der Waals surface area contributed by atoms with Crippen molar-refractivity contribution in [1.29, 1.82) is 0 Å². The quantitative estimate of drug-likeness (QED) is 0.0172. The second-order valence-corrected chi connectivity index (χ2v) is 21.1. The van der Waals surface area contributed by atoms with Crippen molar-refractivity contribution >= 4 is 5.97 Å². The molecule has 0 aliphatic carbocycles. The van der Waals surface area contributed by atoms with Gasteiger partial charge in [0.25, 0.3) is 0 Å². The Morgan fingerprint density at radius 1 is 0.442 bits per heavy atom. The Labute approximate surface area is 466 Å². The van der Waals surface area contributed by atoms with Gasteiger partial charge in [0, 0.05) is 13.0 Å². The molecule has 0 spiro atoms. The second kappa shape index (κ2) is 49.3. The molecule has 2 aliphatic heterocycles. The maximum absolute atomic E-state index is 13.1. The van der Waals surface area contributed by atoms with Crippen molar-refractivity contribution < 1.29 is 69.0 Å². The van der Waals surface area contributed by atoms with Crippen molar-refractivity contribution in [2.75, 3.05) is 33.0 Å². The molecule has 7 N–H and O–H groups in total. The van der Waals surface area contributed by atoms with E-state index in [1.165, 1.54) is 109 Å². The molecule has 2 fully saturated rings. The average molecular weight is 1090 g/mol. The molecule has 2 saturated heterocycles. The summed E-state index contributed by atoms with van der Waals surface area (Å²) in [5.74, 6) is -0.383. The minimum atomic E-state index is -1.71. The lowest BCUT2D eigenvalue weighted by Gasteiger charge is -2.42. The molecule has 11 unspecified atom stereocenters. The third kappa shape index (κ3) is 35.7. The number of esters is 1. The van der Waals surface area contributed by atoms with Crippen LogP contribution in [0.1, 0.15) is 219 Å². The molecule has 2 aliphatic rings. The van der Waals surface area contributed by atoms with Gasteiger partial charge in [-0.2, -0.15) is 0 Å². The van der Waals surface area contributed by atoms with Crippen molar-refractivity contribution in [1.82, 2.24) is 0 Å². The molecular formula is C63H110O14. The highest BCUT2D eigenvalue weighted by molar-refractivity contribution is 5.69. The first-order valence-electron chi connectivity index (χ1n) is 30.5. The summed E-state index contributed by atoms with van der Waals surface area (Å²) in [6.45, 7) is 3.56. The lowest BCUT2D eigenvalue weighted by Crippen LogP contribution is -2.61. The second-order valence-electron chi connectivity index (χ2n) is 21.1. The molecule has 14 nitrogen and oxygen atoms in total. The van der Waals surface area contributed by atoms with Crippen LogP contribution in [0.2, 0.25) is 0 Å². The molecule has 2 heterocycles. The van der Waals surface area contributed by atoms with Crippen molar-refractivity contribution in [2.24, 2.45) is 0 Å². The molecule has 14 heteroatoms. The Hall–Kier alpha value is -2.57. The predicted molar refractivity (Wildman–Crippen MR) is 307 cm³/mol. The molecule has 0 amide bonds. The fraction of sp³-hybridized carbons (Fsp3) is 0.794. The van der Waals surface area contributed by atoms with E-state index in [2.05, 4.69) is 86.8 Å². The van der Waals surface area contributed by atoms with Gasteiger partial charge < -0.3 is 64.2 Å². The number of hydrogen-bond acceptors (Lipinski definition) is 14. The number of carbonyl (C=O) groups excluding carboxylic acids is 1. The van der Waals surface area contributed by atoms with Gasteiger partial charge in [-0.25, -0.2) is 0 Å². The van der Waals surface area contributed by atoms with Crippen LogP contribution in [0.15, 0.2) is 72.9 Å². The lowest BCUT2D eigenvalue weighted by atomic mass is 9.98. The molecular weight excluding hydrogens is 981 g/mol. The minimum Gasteiger partial charge on any atom is -0.457 e. The number of aliphatic hydroxyl groups is 7. The van der Waals surface area contributed by atoms with Crippen LogP contribution in [-0.2, 0) is 33.2 Å². The maximum Gasteiger partial charge on any atom is 0.306 e. The molecule has 0 aromatic rings. The highest BCUT2D eigenvalue weighted by atomic mass is 16.7. The Morgan fingerprint density at radius 2 is 0.844 bits per heavy atom. The van der Waals surface area contributed by atoms with Crippen LogP contribution in [0.4, 0.5) is 0 Å². The van der Waals surface area contributed by atoms with Gasteiger partial charge in [-0.15, -0.1) is 0 Å². The number of aliphatic hydroxyl groups excluding tert-OH is 7. The summed E-state index contributed by atoms with van der Waals surface area (Å²) >= 11 is 0. The number of unbranched alkanes of at least 4 members (excludes halogenated alkanes) is 23. The molecule has 446 valence electrons. The summed E-state index contributed by atoms with van der Waals surface area (Å²) in [5.41, 5.74) is 0. The number of carbonyl (C=O) groups is 1. The van der Waals surface area contributed by atoms with Crippen molar-refractivity contribution in [3.05, 3.63) is 72.9 Å². The van der Waals surface area contributed by atoms with Crippen LogP contribution in [-0.4, -0.2) is 142 Å². The van der Waals surface area contributed by atoms with E-state index in [9.17, 15) is 40.5 Å². The van der Waals surface area contributed by atoms with Crippen LogP contribution in [0.25, 0.3) is 0 Å². The van der Waals surface area contributed by atoms with Gasteiger partial charge in [0.1, 0.15) is 54.9 Å².